The Morgan fingerprint density at radius 3 is 2.68 bits per heavy atom. The van der Waals surface area contributed by atoms with E-state index in [0.29, 0.717) is 4.75 Å². The lowest BCUT2D eigenvalue weighted by molar-refractivity contribution is 0.495. The van der Waals surface area contributed by atoms with Crippen LogP contribution in [0, 0.1) is 0 Å². The van der Waals surface area contributed by atoms with E-state index in [9.17, 15) is 0 Å². The zero-order valence-electron chi connectivity index (χ0n) is 12.1. The van der Waals surface area contributed by atoms with E-state index in [1.807, 2.05) is 18.0 Å². The number of H-pyrrole nitrogens is 1. The van der Waals surface area contributed by atoms with Crippen molar-refractivity contribution in [1.29, 1.82) is 0 Å². The quantitative estimate of drug-likeness (QED) is 0.794. The molecule has 2 N–H and O–H groups in total. The highest BCUT2D eigenvalue weighted by Crippen LogP contribution is 2.29. The van der Waals surface area contributed by atoms with Crippen molar-refractivity contribution >= 4 is 22.7 Å². The van der Waals surface area contributed by atoms with E-state index in [0.717, 1.165) is 13.1 Å². The molecule has 19 heavy (non-hydrogen) atoms. The Balaban J connectivity index is 1.94. The summed E-state index contributed by atoms with van der Waals surface area (Å²) in [7, 11) is 0. The van der Waals surface area contributed by atoms with Crippen LogP contribution in [0.3, 0.4) is 0 Å². The molecule has 104 valence electrons. The zero-order chi connectivity index (χ0) is 13.7. The lowest BCUT2D eigenvalue weighted by Crippen LogP contribution is -2.36. The monoisotopic (exact) mass is 276 g/mol. The molecule has 2 aromatic rings. The van der Waals surface area contributed by atoms with Crippen LogP contribution >= 0.6 is 11.8 Å². The third-order valence-corrected chi connectivity index (χ3v) is 5.70. The number of nitrogens with one attached hydrogen (secondary N) is 2. The Morgan fingerprint density at radius 1 is 1.21 bits per heavy atom. The fourth-order valence-electron chi connectivity index (χ4n) is 2.51. The Bertz CT molecular complexity index is 506. The number of aromatic nitrogens is 1. The van der Waals surface area contributed by atoms with E-state index < -0.39 is 0 Å². The van der Waals surface area contributed by atoms with Gasteiger partial charge in [0.15, 0.2) is 0 Å². The Labute approximate surface area is 120 Å². The van der Waals surface area contributed by atoms with Crippen LogP contribution in [0.15, 0.2) is 30.5 Å². The predicted octanol–water partition coefficient (Wildman–Crippen LogP) is 4.18. The Kier molecular flexibility index (Phi) is 4.94. The average molecular weight is 276 g/mol. The standard InChI is InChI=1S/C16H24N2S/c1-4-16(5-2,19-3)12-17-11-13-6-7-15-14(10-13)8-9-18-15/h6-10,17-18H,4-5,11-12H2,1-3H3. The van der Waals surface area contributed by atoms with E-state index in [-0.39, 0.29) is 0 Å². The van der Waals surface area contributed by atoms with Crippen molar-refractivity contribution in [2.24, 2.45) is 0 Å². The topological polar surface area (TPSA) is 27.8 Å². The van der Waals surface area contributed by atoms with Crippen LogP contribution in [-0.2, 0) is 6.54 Å². The lowest BCUT2D eigenvalue weighted by Gasteiger charge is -2.30. The maximum absolute atomic E-state index is 3.62. The maximum Gasteiger partial charge on any atom is 0.0454 e. The molecule has 2 rings (SSSR count). The van der Waals surface area contributed by atoms with Gasteiger partial charge in [0.05, 0.1) is 0 Å². The maximum atomic E-state index is 3.62. The number of hydrogen-bond acceptors (Lipinski definition) is 2. The average Bonchev–Trinajstić information content (AvgIpc) is 2.92. The summed E-state index contributed by atoms with van der Waals surface area (Å²) in [4.78, 5) is 3.23. The van der Waals surface area contributed by atoms with Gasteiger partial charge in [-0.1, -0.05) is 19.9 Å². The van der Waals surface area contributed by atoms with Crippen LogP contribution in [0.25, 0.3) is 10.9 Å². The second-order valence-electron chi connectivity index (χ2n) is 5.10. The van der Waals surface area contributed by atoms with Gasteiger partial charge in [-0.05, 0) is 48.2 Å². The summed E-state index contributed by atoms with van der Waals surface area (Å²) >= 11 is 1.99. The van der Waals surface area contributed by atoms with Crippen LogP contribution in [0.4, 0.5) is 0 Å². The van der Waals surface area contributed by atoms with E-state index in [1.54, 1.807) is 0 Å². The molecule has 1 aromatic carbocycles. The molecule has 0 aliphatic heterocycles. The molecule has 0 aliphatic carbocycles. The molecule has 0 aliphatic rings. The van der Waals surface area contributed by atoms with Crippen molar-refractivity contribution in [2.45, 2.75) is 38.0 Å². The largest absolute Gasteiger partial charge is 0.361 e. The third-order valence-electron chi connectivity index (χ3n) is 4.12. The van der Waals surface area contributed by atoms with E-state index in [1.165, 1.54) is 29.3 Å². The normalized spacial score (nSPS) is 12.2. The Morgan fingerprint density at radius 2 is 2.00 bits per heavy atom. The fourth-order valence-corrected chi connectivity index (χ4v) is 3.33. The first kappa shape index (κ1) is 14.5. The highest BCUT2D eigenvalue weighted by molar-refractivity contribution is 8.00. The predicted molar refractivity (Wildman–Crippen MR) is 86.8 cm³/mol. The van der Waals surface area contributed by atoms with Gasteiger partial charge in [0, 0.05) is 29.6 Å². The summed E-state index contributed by atoms with van der Waals surface area (Å²) in [6.45, 7) is 6.59. The molecule has 0 spiro atoms. The van der Waals surface area contributed by atoms with Crippen LogP contribution in [0.5, 0.6) is 0 Å². The summed E-state index contributed by atoms with van der Waals surface area (Å²) in [6, 6.07) is 8.75. The molecule has 0 radical (unpaired) electrons. The molecular weight excluding hydrogens is 252 g/mol. The molecule has 3 heteroatoms. The molecule has 1 heterocycles. The smallest absolute Gasteiger partial charge is 0.0454 e. The number of fused-ring (bicyclic) bond motifs is 1. The van der Waals surface area contributed by atoms with Crippen LogP contribution < -0.4 is 5.32 Å². The number of hydrogen-bond donors (Lipinski definition) is 2. The van der Waals surface area contributed by atoms with Gasteiger partial charge < -0.3 is 10.3 Å². The van der Waals surface area contributed by atoms with Gasteiger partial charge in [0.1, 0.15) is 0 Å². The van der Waals surface area contributed by atoms with Crippen molar-refractivity contribution in [3.05, 3.63) is 36.0 Å². The first-order valence-electron chi connectivity index (χ1n) is 7.05. The van der Waals surface area contributed by atoms with Gasteiger partial charge in [0.25, 0.3) is 0 Å². The highest BCUT2D eigenvalue weighted by atomic mass is 32.2. The van der Waals surface area contributed by atoms with Crippen molar-refractivity contribution in [2.75, 3.05) is 12.8 Å². The number of thioether (sulfide) groups is 1. The summed E-state index contributed by atoms with van der Waals surface area (Å²) in [6.07, 6.45) is 6.65. The molecule has 1 aromatic heterocycles. The minimum atomic E-state index is 0.387. The fraction of sp³-hybridized carbons (Fsp3) is 0.500. The number of aromatic amines is 1. The highest BCUT2D eigenvalue weighted by Gasteiger charge is 2.23. The van der Waals surface area contributed by atoms with Crippen molar-refractivity contribution in [3.63, 3.8) is 0 Å². The lowest BCUT2D eigenvalue weighted by atomic mass is 10.0. The van der Waals surface area contributed by atoms with Gasteiger partial charge in [-0.3, -0.25) is 0 Å². The number of benzene rings is 1. The van der Waals surface area contributed by atoms with E-state index in [4.69, 9.17) is 0 Å². The summed E-state index contributed by atoms with van der Waals surface area (Å²) in [5.74, 6) is 0. The van der Waals surface area contributed by atoms with Gasteiger partial charge in [0.2, 0.25) is 0 Å². The van der Waals surface area contributed by atoms with E-state index in [2.05, 4.69) is 54.7 Å². The zero-order valence-corrected chi connectivity index (χ0v) is 12.9. The Hall–Kier alpha value is -0.930. The molecule has 0 fully saturated rings. The summed E-state index contributed by atoms with van der Waals surface area (Å²) in [5.41, 5.74) is 2.57. The second-order valence-corrected chi connectivity index (χ2v) is 6.37. The first-order chi connectivity index (χ1) is 9.23. The minimum absolute atomic E-state index is 0.387. The van der Waals surface area contributed by atoms with Crippen molar-refractivity contribution in [3.8, 4) is 0 Å². The van der Waals surface area contributed by atoms with Gasteiger partial charge in [-0.25, -0.2) is 0 Å². The molecule has 0 atom stereocenters. The number of rotatable bonds is 7. The minimum Gasteiger partial charge on any atom is -0.361 e. The van der Waals surface area contributed by atoms with Crippen LogP contribution in [-0.4, -0.2) is 22.5 Å². The molecule has 0 amide bonds. The van der Waals surface area contributed by atoms with Crippen molar-refractivity contribution in [1.82, 2.24) is 10.3 Å². The van der Waals surface area contributed by atoms with Crippen LogP contribution in [0.2, 0.25) is 0 Å². The van der Waals surface area contributed by atoms with Gasteiger partial charge >= 0.3 is 0 Å². The molecule has 2 nitrogen and oxygen atoms in total. The van der Waals surface area contributed by atoms with Crippen molar-refractivity contribution < 1.29 is 0 Å². The second kappa shape index (κ2) is 6.49. The molecule has 0 unspecified atom stereocenters. The SMILES string of the molecule is CCC(CC)(CNCc1ccc2[nH]ccc2c1)SC. The van der Waals surface area contributed by atoms with Gasteiger partial charge in [-0.2, -0.15) is 11.8 Å². The molecule has 0 saturated carbocycles. The van der Waals surface area contributed by atoms with Crippen LogP contribution in [0.1, 0.15) is 32.3 Å². The van der Waals surface area contributed by atoms with E-state index >= 15 is 0 Å². The van der Waals surface area contributed by atoms with Gasteiger partial charge in [-0.15, -0.1) is 0 Å². The summed E-state index contributed by atoms with van der Waals surface area (Å²) in [5, 5.41) is 4.91. The third kappa shape index (κ3) is 3.34. The first-order valence-corrected chi connectivity index (χ1v) is 8.27. The summed E-state index contributed by atoms with van der Waals surface area (Å²) < 4.78 is 0.387. The molecule has 0 bridgehead atoms. The molecular formula is C16H24N2S. The molecule has 0 saturated heterocycles.